The van der Waals surface area contributed by atoms with Crippen molar-refractivity contribution in [3.05, 3.63) is 96.1 Å². The van der Waals surface area contributed by atoms with Crippen LogP contribution in [0.2, 0.25) is 0 Å². The van der Waals surface area contributed by atoms with Gasteiger partial charge in [-0.3, -0.25) is 0 Å². The standard InChI is InChI=1S/C20H14N2/c1-3-7-17(8-4-1)11-12-18-13-15-20(16-14-18)22-21-19-9-5-2-6-10-19/h1-10,13-16H. The zero-order chi connectivity index (χ0) is 15.0. The van der Waals surface area contributed by atoms with Crippen molar-refractivity contribution in [3.8, 4) is 11.8 Å². The molecule has 0 bridgehead atoms. The predicted octanol–water partition coefficient (Wildman–Crippen LogP) is 5.50. The summed E-state index contributed by atoms with van der Waals surface area (Å²) >= 11 is 0. The van der Waals surface area contributed by atoms with Crippen LogP contribution in [0.5, 0.6) is 0 Å². The molecule has 0 amide bonds. The summed E-state index contributed by atoms with van der Waals surface area (Å²) in [5, 5.41) is 8.40. The van der Waals surface area contributed by atoms with E-state index in [1.165, 1.54) is 0 Å². The normalized spacial score (nSPS) is 10.2. The highest BCUT2D eigenvalue weighted by molar-refractivity contribution is 5.47. The molecule has 0 fully saturated rings. The van der Waals surface area contributed by atoms with E-state index in [9.17, 15) is 0 Å². The molecule has 3 aromatic carbocycles. The van der Waals surface area contributed by atoms with Crippen LogP contribution in [0.15, 0.2) is 95.2 Å². The van der Waals surface area contributed by atoms with Crippen LogP contribution in [0.3, 0.4) is 0 Å². The van der Waals surface area contributed by atoms with Gasteiger partial charge < -0.3 is 0 Å². The minimum atomic E-state index is 0.814. The topological polar surface area (TPSA) is 24.7 Å². The van der Waals surface area contributed by atoms with E-state index in [0.29, 0.717) is 0 Å². The first-order valence-corrected chi connectivity index (χ1v) is 7.04. The Balaban J connectivity index is 1.71. The highest BCUT2D eigenvalue weighted by Gasteiger charge is 1.91. The summed E-state index contributed by atoms with van der Waals surface area (Å²) in [4.78, 5) is 0. The molecule has 3 aromatic rings. The Labute approximate surface area is 130 Å². The number of azo groups is 1. The summed E-state index contributed by atoms with van der Waals surface area (Å²) in [6, 6.07) is 27.4. The second-order valence-corrected chi connectivity index (χ2v) is 4.70. The molecule has 0 N–H and O–H groups in total. The zero-order valence-electron chi connectivity index (χ0n) is 12.0. The van der Waals surface area contributed by atoms with Crippen molar-refractivity contribution in [3.63, 3.8) is 0 Å². The van der Waals surface area contributed by atoms with Gasteiger partial charge in [0.05, 0.1) is 11.4 Å². The molecule has 0 spiro atoms. The molecule has 104 valence electrons. The average molecular weight is 282 g/mol. The van der Waals surface area contributed by atoms with E-state index in [4.69, 9.17) is 0 Å². The van der Waals surface area contributed by atoms with Gasteiger partial charge in [0.2, 0.25) is 0 Å². The molecule has 0 atom stereocenters. The molecular weight excluding hydrogens is 268 g/mol. The van der Waals surface area contributed by atoms with E-state index in [0.717, 1.165) is 22.5 Å². The van der Waals surface area contributed by atoms with E-state index in [2.05, 4.69) is 22.1 Å². The minimum Gasteiger partial charge on any atom is -0.151 e. The van der Waals surface area contributed by atoms with Crippen molar-refractivity contribution in [2.24, 2.45) is 10.2 Å². The maximum absolute atomic E-state index is 4.21. The van der Waals surface area contributed by atoms with Gasteiger partial charge in [-0.15, -0.1) is 0 Å². The lowest BCUT2D eigenvalue weighted by Gasteiger charge is -1.94. The van der Waals surface area contributed by atoms with Crippen LogP contribution in [0.25, 0.3) is 0 Å². The van der Waals surface area contributed by atoms with Gasteiger partial charge in [0.15, 0.2) is 0 Å². The Morgan fingerprint density at radius 3 is 1.50 bits per heavy atom. The van der Waals surface area contributed by atoms with E-state index < -0.39 is 0 Å². The van der Waals surface area contributed by atoms with Crippen LogP contribution in [0.1, 0.15) is 11.1 Å². The van der Waals surface area contributed by atoms with E-state index in [-0.39, 0.29) is 0 Å². The summed E-state index contributed by atoms with van der Waals surface area (Å²) in [5.74, 6) is 6.27. The van der Waals surface area contributed by atoms with Crippen molar-refractivity contribution in [2.45, 2.75) is 0 Å². The lowest BCUT2D eigenvalue weighted by molar-refractivity contribution is 1.23. The van der Waals surface area contributed by atoms with Gasteiger partial charge in [0.25, 0.3) is 0 Å². The Morgan fingerprint density at radius 2 is 0.909 bits per heavy atom. The van der Waals surface area contributed by atoms with Crippen LogP contribution in [0, 0.1) is 11.8 Å². The molecule has 0 aliphatic heterocycles. The molecular formula is C20H14N2. The van der Waals surface area contributed by atoms with Crippen molar-refractivity contribution < 1.29 is 0 Å². The summed E-state index contributed by atoms with van der Waals surface area (Å²) in [6.45, 7) is 0. The van der Waals surface area contributed by atoms with Crippen LogP contribution in [-0.4, -0.2) is 0 Å². The fourth-order valence-corrected chi connectivity index (χ4v) is 1.89. The SMILES string of the molecule is C(#Cc1ccc(N=Nc2ccccc2)cc1)c1ccccc1. The second-order valence-electron chi connectivity index (χ2n) is 4.70. The second kappa shape index (κ2) is 7.01. The molecule has 2 nitrogen and oxygen atoms in total. The molecule has 22 heavy (non-hydrogen) atoms. The average Bonchev–Trinajstić information content (AvgIpc) is 2.61. The number of benzene rings is 3. The zero-order valence-corrected chi connectivity index (χ0v) is 12.0. The summed E-state index contributed by atoms with van der Waals surface area (Å²) in [5.41, 5.74) is 3.63. The van der Waals surface area contributed by atoms with Crippen LogP contribution < -0.4 is 0 Å². The highest BCUT2D eigenvalue weighted by Crippen LogP contribution is 2.18. The third-order valence-electron chi connectivity index (χ3n) is 3.03. The third kappa shape index (κ3) is 3.91. The van der Waals surface area contributed by atoms with Gasteiger partial charge in [-0.25, -0.2) is 0 Å². The Morgan fingerprint density at radius 1 is 0.455 bits per heavy atom. The molecule has 0 saturated carbocycles. The molecule has 0 heterocycles. The largest absolute Gasteiger partial charge is 0.151 e. The van der Waals surface area contributed by atoms with Crippen LogP contribution in [-0.2, 0) is 0 Å². The fraction of sp³-hybridized carbons (Fsp3) is 0. The van der Waals surface area contributed by atoms with Crippen molar-refractivity contribution in [1.29, 1.82) is 0 Å². The smallest absolute Gasteiger partial charge is 0.0857 e. The van der Waals surface area contributed by atoms with Gasteiger partial charge >= 0.3 is 0 Å². The van der Waals surface area contributed by atoms with E-state index in [1.807, 2.05) is 84.9 Å². The first-order chi connectivity index (χ1) is 10.9. The van der Waals surface area contributed by atoms with Crippen LogP contribution in [0.4, 0.5) is 11.4 Å². The van der Waals surface area contributed by atoms with E-state index >= 15 is 0 Å². The lowest BCUT2D eigenvalue weighted by Crippen LogP contribution is -1.74. The maximum Gasteiger partial charge on any atom is 0.0857 e. The fourth-order valence-electron chi connectivity index (χ4n) is 1.89. The first kappa shape index (κ1) is 13.8. The van der Waals surface area contributed by atoms with Gasteiger partial charge in [-0.1, -0.05) is 48.2 Å². The van der Waals surface area contributed by atoms with Gasteiger partial charge in [0, 0.05) is 11.1 Å². The summed E-state index contributed by atoms with van der Waals surface area (Å²) in [6.07, 6.45) is 0. The van der Waals surface area contributed by atoms with Crippen molar-refractivity contribution in [1.82, 2.24) is 0 Å². The molecule has 0 unspecified atom stereocenters. The molecule has 0 aliphatic rings. The molecule has 2 heteroatoms. The van der Waals surface area contributed by atoms with Crippen LogP contribution >= 0.6 is 0 Å². The third-order valence-corrected chi connectivity index (χ3v) is 3.03. The van der Waals surface area contributed by atoms with Gasteiger partial charge in [-0.05, 0) is 48.5 Å². The Kier molecular flexibility index (Phi) is 4.39. The monoisotopic (exact) mass is 282 g/mol. The van der Waals surface area contributed by atoms with E-state index in [1.54, 1.807) is 0 Å². The number of hydrogen-bond acceptors (Lipinski definition) is 2. The van der Waals surface area contributed by atoms with Crippen molar-refractivity contribution in [2.75, 3.05) is 0 Å². The Hall–Kier alpha value is -3.18. The minimum absolute atomic E-state index is 0.814. The Bertz CT molecular complexity index is 808. The van der Waals surface area contributed by atoms with Gasteiger partial charge in [-0.2, -0.15) is 10.2 Å². The lowest BCUT2D eigenvalue weighted by atomic mass is 10.2. The maximum atomic E-state index is 4.21. The quantitative estimate of drug-likeness (QED) is 0.438. The van der Waals surface area contributed by atoms with Gasteiger partial charge in [0.1, 0.15) is 0 Å². The molecule has 0 aromatic heterocycles. The molecule has 0 radical (unpaired) electrons. The molecule has 0 aliphatic carbocycles. The first-order valence-electron chi connectivity index (χ1n) is 7.04. The number of rotatable bonds is 2. The summed E-state index contributed by atoms with van der Waals surface area (Å²) in [7, 11) is 0. The number of hydrogen-bond donors (Lipinski definition) is 0. The summed E-state index contributed by atoms with van der Waals surface area (Å²) < 4.78 is 0. The van der Waals surface area contributed by atoms with Crippen molar-refractivity contribution >= 4 is 11.4 Å². The molecule has 3 rings (SSSR count). The highest BCUT2D eigenvalue weighted by atomic mass is 15.1. The molecule has 0 saturated heterocycles. The predicted molar refractivity (Wildman–Crippen MR) is 89.5 cm³/mol. The number of nitrogens with zero attached hydrogens (tertiary/aromatic N) is 2.